The first kappa shape index (κ1) is 19.4. The summed E-state index contributed by atoms with van der Waals surface area (Å²) in [7, 11) is 0. The molecule has 8 heteroatoms. The molecule has 2 aromatic heterocycles. The van der Waals surface area contributed by atoms with E-state index < -0.39 is 0 Å². The van der Waals surface area contributed by atoms with E-state index in [1.165, 1.54) is 10.6 Å². The average molecular weight is 413 g/mol. The molecule has 150 valence electrons. The number of para-hydroxylation sites is 1. The lowest BCUT2D eigenvalue weighted by Gasteiger charge is -2.34. The van der Waals surface area contributed by atoms with Crippen LogP contribution in [-0.4, -0.2) is 64.4 Å². The summed E-state index contributed by atoms with van der Waals surface area (Å²) >= 11 is 6.09. The van der Waals surface area contributed by atoms with Gasteiger partial charge >= 0.3 is 0 Å². The molecule has 0 bridgehead atoms. The van der Waals surface area contributed by atoms with Crippen molar-refractivity contribution in [3.05, 3.63) is 75.8 Å². The summed E-state index contributed by atoms with van der Waals surface area (Å²) in [5, 5.41) is 0.596. The third-order valence-corrected chi connectivity index (χ3v) is 5.32. The van der Waals surface area contributed by atoms with Crippen LogP contribution in [0.5, 0.6) is 5.75 Å². The van der Waals surface area contributed by atoms with Crippen molar-refractivity contribution in [3.8, 4) is 5.75 Å². The van der Waals surface area contributed by atoms with Gasteiger partial charge in [0.25, 0.3) is 11.5 Å². The van der Waals surface area contributed by atoms with Crippen molar-refractivity contribution in [2.45, 2.75) is 0 Å². The number of ether oxygens (including phenoxy) is 1. The third kappa shape index (κ3) is 4.26. The summed E-state index contributed by atoms with van der Waals surface area (Å²) in [5.41, 5.74) is 0.290. The number of hydrogen-bond donors (Lipinski definition) is 0. The highest BCUT2D eigenvalue weighted by Crippen LogP contribution is 2.22. The molecule has 1 aromatic carbocycles. The van der Waals surface area contributed by atoms with Gasteiger partial charge in [-0.3, -0.25) is 18.9 Å². The number of aromatic nitrogens is 2. The second-order valence-corrected chi connectivity index (χ2v) is 7.23. The predicted octanol–water partition coefficient (Wildman–Crippen LogP) is 2.18. The highest BCUT2D eigenvalue weighted by Gasteiger charge is 2.24. The van der Waals surface area contributed by atoms with E-state index in [0.29, 0.717) is 36.1 Å². The maximum Gasteiger partial charge on any atom is 0.270 e. The Bertz CT molecular complexity index is 1080. The quantitative estimate of drug-likeness (QED) is 0.642. The molecule has 0 aliphatic carbocycles. The van der Waals surface area contributed by atoms with Gasteiger partial charge in [0, 0.05) is 45.1 Å². The summed E-state index contributed by atoms with van der Waals surface area (Å²) in [6.07, 6.45) is 3.00. The lowest BCUT2D eigenvalue weighted by Crippen LogP contribution is -2.50. The van der Waals surface area contributed by atoms with Gasteiger partial charge in [0.05, 0.1) is 5.02 Å². The fourth-order valence-electron chi connectivity index (χ4n) is 3.36. The van der Waals surface area contributed by atoms with Crippen LogP contribution in [0.1, 0.15) is 10.4 Å². The summed E-state index contributed by atoms with van der Waals surface area (Å²) in [6, 6.07) is 12.7. The smallest absolute Gasteiger partial charge is 0.270 e. The van der Waals surface area contributed by atoms with Gasteiger partial charge in [-0.1, -0.05) is 29.8 Å². The SMILES string of the molecule is O=C(c1cnc2ccccn2c1=O)N1CCN(CCOc2ccccc2Cl)CC1. The second kappa shape index (κ2) is 8.63. The van der Waals surface area contributed by atoms with Crippen LogP contribution in [0.25, 0.3) is 5.65 Å². The van der Waals surface area contributed by atoms with Crippen molar-refractivity contribution in [3.63, 3.8) is 0 Å². The number of carbonyl (C=O) groups is 1. The molecule has 4 rings (SSSR count). The Morgan fingerprint density at radius 1 is 1.07 bits per heavy atom. The Kier molecular flexibility index (Phi) is 5.78. The molecule has 1 fully saturated rings. The van der Waals surface area contributed by atoms with Crippen LogP contribution >= 0.6 is 11.6 Å². The van der Waals surface area contributed by atoms with Crippen molar-refractivity contribution in [2.24, 2.45) is 0 Å². The minimum atomic E-state index is -0.337. The molecule has 1 aliphatic rings. The summed E-state index contributed by atoms with van der Waals surface area (Å²) < 4.78 is 7.13. The van der Waals surface area contributed by atoms with Crippen LogP contribution in [0.4, 0.5) is 0 Å². The molecule has 7 nitrogen and oxygen atoms in total. The van der Waals surface area contributed by atoms with Crippen LogP contribution in [-0.2, 0) is 0 Å². The fourth-order valence-corrected chi connectivity index (χ4v) is 3.56. The van der Waals surface area contributed by atoms with E-state index in [4.69, 9.17) is 16.3 Å². The largest absolute Gasteiger partial charge is 0.491 e. The number of piperazine rings is 1. The zero-order valence-corrected chi connectivity index (χ0v) is 16.6. The maximum atomic E-state index is 12.8. The number of halogens is 1. The van der Waals surface area contributed by atoms with Gasteiger partial charge in [0.15, 0.2) is 0 Å². The Balaban J connectivity index is 1.32. The van der Waals surface area contributed by atoms with Crippen LogP contribution in [0.15, 0.2) is 59.7 Å². The van der Waals surface area contributed by atoms with Gasteiger partial charge in [-0.05, 0) is 24.3 Å². The van der Waals surface area contributed by atoms with E-state index in [0.717, 1.165) is 19.6 Å². The topological polar surface area (TPSA) is 67.2 Å². The van der Waals surface area contributed by atoms with Crippen LogP contribution < -0.4 is 10.3 Å². The molecule has 3 aromatic rings. The lowest BCUT2D eigenvalue weighted by molar-refractivity contribution is 0.0618. The molecule has 1 amide bonds. The summed E-state index contributed by atoms with van der Waals surface area (Å²) in [6.45, 7) is 3.82. The van der Waals surface area contributed by atoms with Crippen molar-refractivity contribution >= 4 is 23.2 Å². The maximum absolute atomic E-state index is 12.8. The third-order valence-electron chi connectivity index (χ3n) is 5.01. The minimum absolute atomic E-state index is 0.101. The first-order chi connectivity index (χ1) is 14.1. The van der Waals surface area contributed by atoms with Gasteiger partial charge < -0.3 is 9.64 Å². The van der Waals surface area contributed by atoms with Crippen molar-refractivity contribution < 1.29 is 9.53 Å². The normalized spacial score (nSPS) is 14.9. The van der Waals surface area contributed by atoms with Gasteiger partial charge in [-0.15, -0.1) is 0 Å². The number of nitrogens with zero attached hydrogens (tertiary/aromatic N) is 4. The molecule has 29 heavy (non-hydrogen) atoms. The van der Waals surface area contributed by atoms with Gasteiger partial charge in [-0.25, -0.2) is 4.98 Å². The van der Waals surface area contributed by atoms with E-state index >= 15 is 0 Å². The number of rotatable bonds is 5. The zero-order chi connectivity index (χ0) is 20.2. The van der Waals surface area contributed by atoms with Crippen molar-refractivity contribution in [1.29, 1.82) is 0 Å². The molecule has 0 spiro atoms. The molecule has 0 atom stereocenters. The molecule has 0 unspecified atom stereocenters. The Morgan fingerprint density at radius 3 is 2.62 bits per heavy atom. The Labute approximate surface area is 173 Å². The van der Waals surface area contributed by atoms with E-state index in [1.807, 2.05) is 18.2 Å². The highest BCUT2D eigenvalue weighted by atomic mass is 35.5. The van der Waals surface area contributed by atoms with Gasteiger partial charge in [0.2, 0.25) is 0 Å². The number of carbonyl (C=O) groups excluding carboxylic acids is 1. The van der Waals surface area contributed by atoms with Crippen LogP contribution in [0.2, 0.25) is 5.02 Å². The molecular formula is C21H21ClN4O3. The number of amides is 1. The molecule has 1 aliphatic heterocycles. The van der Waals surface area contributed by atoms with E-state index in [9.17, 15) is 9.59 Å². The lowest BCUT2D eigenvalue weighted by atomic mass is 10.2. The Morgan fingerprint density at radius 2 is 1.83 bits per heavy atom. The van der Waals surface area contributed by atoms with E-state index in [1.54, 1.807) is 35.4 Å². The number of hydrogen-bond acceptors (Lipinski definition) is 5. The van der Waals surface area contributed by atoms with Crippen LogP contribution in [0.3, 0.4) is 0 Å². The molecule has 0 N–H and O–H groups in total. The number of fused-ring (bicyclic) bond motifs is 1. The molecule has 0 saturated carbocycles. The monoisotopic (exact) mass is 412 g/mol. The first-order valence-electron chi connectivity index (χ1n) is 9.49. The summed E-state index contributed by atoms with van der Waals surface area (Å²) in [5.74, 6) is 0.403. The van der Waals surface area contributed by atoms with E-state index in [2.05, 4.69) is 9.88 Å². The molecule has 1 saturated heterocycles. The van der Waals surface area contributed by atoms with Gasteiger partial charge in [-0.2, -0.15) is 0 Å². The second-order valence-electron chi connectivity index (χ2n) is 6.82. The van der Waals surface area contributed by atoms with E-state index in [-0.39, 0.29) is 17.0 Å². The fraction of sp³-hybridized carbons (Fsp3) is 0.286. The predicted molar refractivity (Wildman–Crippen MR) is 111 cm³/mol. The molecule has 3 heterocycles. The first-order valence-corrected chi connectivity index (χ1v) is 9.86. The van der Waals surface area contributed by atoms with Crippen molar-refractivity contribution in [1.82, 2.24) is 19.2 Å². The number of pyridine rings is 1. The standard InChI is InChI=1S/C21H21ClN4O3/c22-17-5-1-2-6-18(17)29-14-13-24-9-11-25(12-10-24)20(27)16-15-23-19-7-3-4-8-26(19)21(16)28/h1-8,15H,9-14H2. The number of benzene rings is 1. The molecule has 0 radical (unpaired) electrons. The summed E-state index contributed by atoms with van der Waals surface area (Å²) in [4.78, 5) is 33.6. The van der Waals surface area contributed by atoms with Crippen molar-refractivity contribution in [2.75, 3.05) is 39.3 Å². The highest BCUT2D eigenvalue weighted by molar-refractivity contribution is 6.32. The van der Waals surface area contributed by atoms with Crippen LogP contribution in [0, 0.1) is 0 Å². The van der Waals surface area contributed by atoms with Gasteiger partial charge in [0.1, 0.15) is 23.6 Å². The average Bonchev–Trinajstić information content (AvgIpc) is 2.76. The molecular weight excluding hydrogens is 392 g/mol. The Hall–Kier alpha value is -2.90. The zero-order valence-electron chi connectivity index (χ0n) is 15.8. The minimum Gasteiger partial charge on any atom is -0.491 e.